The molecular weight excluding hydrogens is 284 g/mol. The van der Waals surface area contributed by atoms with E-state index in [2.05, 4.69) is 17.2 Å². The van der Waals surface area contributed by atoms with Gasteiger partial charge in [-0.1, -0.05) is 37.3 Å². The minimum atomic E-state index is -0.281. The smallest absolute Gasteiger partial charge is 0.263 e. The van der Waals surface area contributed by atoms with Crippen molar-refractivity contribution in [3.05, 3.63) is 52.0 Å². The van der Waals surface area contributed by atoms with Crippen molar-refractivity contribution in [3.63, 3.8) is 0 Å². The third-order valence-corrected chi connectivity index (χ3v) is 4.18. The van der Waals surface area contributed by atoms with Gasteiger partial charge in [-0.05, 0) is 24.8 Å². The number of nitrogens with one attached hydrogen (secondary N) is 1. The Balaban J connectivity index is 1.95. The molecule has 5 heteroatoms. The molecule has 0 aliphatic rings. The molecule has 2 N–H and O–H groups in total. The molecule has 1 unspecified atom stereocenters. The van der Waals surface area contributed by atoms with E-state index in [1.54, 1.807) is 6.20 Å². The van der Waals surface area contributed by atoms with Crippen molar-refractivity contribution in [1.82, 2.24) is 10.3 Å². The van der Waals surface area contributed by atoms with Crippen LogP contribution in [0.15, 0.2) is 36.5 Å². The van der Waals surface area contributed by atoms with Gasteiger partial charge in [0.2, 0.25) is 0 Å². The molecule has 0 bridgehead atoms. The van der Waals surface area contributed by atoms with Gasteiger partial charge in [-0.3, -0.25) is 4.79 Å². The molecule has 1 heterocycles. The number of thiazole rings is 1. The van der Waals surface area contributed by atoms with Crippen LogP contribution in [-0.4, -0.2) is 28.6 Å². The van der Waals surface area contributed by atoms with E-state index in [-0.39, 0.29) is 18.6 Å². The SMILES string of the molecule is CCCc1ncc(C(=O)NC(CO)Cc2ccccc2)s1. The fraction of sp³-hybridized carbons (Fsp3) is 0.375. The number of rotatable bonds is 7. The zero-order valence-electron chi connectivity index (χ0n) is 12.1. The number of carbonyl (C=O) groups is 1. The first-order chi connectivity index (χ1) is 10.2. The van der Waals surface area contributed by atoms with Gasteiger partial charge in [-0.25, -0.2) is 4.98 Å². The highest BCUT2D eigenvalue weighted by Crippen LogP contribution is 2.15. The Morgan fingerprint density at radius 3 is 2.81 bits per heavy atom. The number of aromatic nitrogens is 1. The average Bonchev–Trinajstić information content (AvgIpc) is 2.97. The van der Waals surface area contributed by atoms with Crippen LogP contribution in [0, 0.1) is 0 Å². The molecule has 0 aliphatic carbocycles. The third kappa shape index (κ3) is 4.65. The number of nitrogens with zero attached hydrogens (tertiary/aromatic N) is 1. The molecule has 0 spiro atoms. The van der Waals surface area contributed by atoms with Crippen LogP contribution in [0.3, 0.4) is 0 Å². The van der Waals surface area contributed by atoms with E-state index >= 15 is 0 Å². The topological polar surface area (TPSA) is 62.2 Å². The highest BCUT2D eigenvalue weighted by atomic mass is 32.1. The largest absolute Gasteiger partial charge is 0.394 e. The van der Waals surface area contributed by atoms with Gasteiger partial charge in [0.25, 0.3) is 5.91 Å². The van der Waals surface area contributed by atoms with Gasteiger partial charge >= 0.3 is 0 Å². The molecule has 1 aromatic carbocycles. The van der Waals surface area contributed by atoms with Crippen LogP contribution in [0.25, 0.3) is 0 Å². The van der Waals surface area contributed by atoms with Crippen molar-refractivity contribution >= 4 is 17.2 Å². The van der Waals surface area contributed by atoms with Crippen molar-refractivity contribution in [2.45, 2.75) is 32.2 Å². The van der Waals surface area contributed by atoms with Crippen LogP contribution in [0.5, 0.6) is 0 Å². The van der Waals surface area contributed by atoms with E-state index in [0.717, 1.165) is 23.4 Å². The van der Waals surface area contributed by atoms with Crippen molar-refractivity contribution in [3.8, 4) is 0 Å². The summed E-state index contributed by atoms with van der Waals surface area (Å²) in [6, 6.07) is 9.54. The summed E-state index contributed by atoms with van der Waals surface area (Å²) in [7, 11) is 0. The van der Waals surface area contributed by atoms with Gasteiger partial charge in [-0.15, -0.1) is 11.3 Å². The van der Waals surface area contributed by atoms with Crippen LogP contribution in [-0.2, 0) is 12.8 Å². The second-order valence-corrected chi connectivity index (χ2v) is 6.03. The predicted octanol–water partition coefficient (Wildman–Crippen LogP) is 2.43. The molecule has 112 valence electrons. The number of aliphatic hydroxyl groups is 1. The first kappa shape index (κ1) is 15.7. The average molecular weight is 304 g/mol. The molecule has 0 fully saturated rings. The first-order valence-electron chi connectivity index (χ1n) is 7.13. The summed E-state index contributed by atoms with van der Waals surface area (Å²) in [5, 5.41) is 13.3. The molecule has 1 aromatic heterocycles. The van der Waals surface area contributed by atoms with Crippen LogP contribution >= 0.6 is 11.3 Å². The van der Waals surface area contributed by atoms with Gasteiger partial charge in [-0.2, -0.15) is 0 Å². The minimum Gasteiger partial charge on any atom is -0.394 e. The Morgan fingerprint density at radius 1 is 1.38 bits per heavy atom. The number of hydrogen-bond acceptors (Lipinski definition) is 4. The van der Waals surface area contributed by atoms with Crippen LogP contribution < -0.4 is 5.32 Å². The number of carbonyl (C=O) groups excluding carboxylic acids is 1. The molecule has 0 aliphatic heterocycles. The van der Waals surface area contributed by atoms with Crippen molar-refractivity contribution in [2.75, 3.05) is 6.61 Å². The predicted molar refractivity (Wildman–Crippen MR) is 84.6 cm³/mol. The Kier molecular flexibility index (Phi) is 5.90. The Bertz CT molecular complexity index is 569. The van der Waals surface area contributed by atoms with Gasteiger partial charge < -0.3 is 10.4 Å². The summed E-state index contributed by atoms with van der Waals surface area (Å²) in [4.78, 5) is 17.0. The fourth-order valence-corrected chi connectivity index (χ4v) is 2.98. The summed E-state index contributed by atoms with van der Waals surface area (Å²) >= 11 is 1.42. The summed E-state index contributed by atoms with van der Waals surface area (Å²) in [6.07, 6.45) is 4.14. The van der Waals surface area contributed by atoms with E-state index in [0.29, 0.717) is 11.3 Å². The molecule has 21 heavy (non-hydrogen) atoms. The van der Waals surface area contributed by atoms with Gasteiger partial charge in [0.05, 0.1) is 23.9 Å². The number of benzene rings is 1. The maximum absolute atomic E-state index is 12.2. The lowest BCUT2D eigenvalue weighted by atomic mass is 10.1. The number of aliphatic hydroxyl groups excluding tert-OH is 1. The number of hydrogen-bond donors (Lipinski definition) is 2. The third-order valence-electron chi connectivity index (χ3n) is 3.12. The normalized spacial score (nSPS) is 12.1. The molecule has 0 saturated carbocycles. The number of aryl methyl sites for hydroxylation is 1. The highest BCUT2D eigenvalue weighted by Gasteiger charge is 2.15. The Hall–Kier alpha value is -1.72. The first-order valence-corrected chi connectivity index (χ1v) is 7.95. The van der Waals surface area contributed by atoms with Gasteiger partial charge in [0.15, 0.2) is 0 Å². The molecule has 0 radical (unpaired) electrons. The van der Waals surface area contributed by atoms with E-state index in [1.807, 2.05) is 30.3 Å². The van der Waals surface area contributed by atoms with Crippen LogP contribution in [0.2, 0.25) is 0 Å². The zero-order valence-corrected chi connectivity index (χ0v) is 12.9. The molecule has 0 saturated heterocycles. The molecule has 2 aromatic rings. The maximum atomic E-state index is 12.2. The standard InChI is InChI=1S/C16H20N2O2S/c1-2-6-15-17-10-14(21-15)16(20)18-13(11-19)9-12-7-4-3-5-8-12/h3-5,7-8,10,13,19H,2,6,9,11H2,1H3,(H,18,20). The lowest BCUT2D eigenvalue weighted by Gasteiger charge is -2.15. The highest BCUT2D eigenvalue weighted by molar-refractivity contribution is 7.13. The van der Waals surface area contributed by atoms with Crippen LogP contribution in [0.4, 0.5) is 0 Å². The quantitative estimate of drug-likeness (QED) is 0.826. The number of amides is 1. The Labute approximate surface area is 128 Å². The molecule has 1 amide bonds. The summed E-state index contributed by atoms with van der Waals surface area (Å²) < 4.78 is 0. The molecule has 1 atom stereocenters. The van der Waals surface area contributed by atoms with Crippen molar-refractivity contribution in [2.24, 2.45) is 0 Å². The zero-order chi connectivity index (χ0) is 15.1. The fourth-order valence-electron chi connectivity index (χ4n) is 2.06. The summed E-state index contributed by atoms with van der Waals surface area (Å²) in [6.45, 7) is 2.00. The van der Waals surface area contributed by atoms with E-state index in [9.17, 15) is 9.90 Å². The van der Waals surface area contributed by atoms with Crippen LogP contribution in [0.1, 0.15) is 33.6 Å². The monoisotopic (exact) mass is 304 g/mol. The lowest BCUT2D eigenvalue weighted by molar-refractivity contribution is 0.0920. The second kappa shape index (κ2) is 7.90. The lowest BCUT2D eigenvalue weighted by Crippen LogP contribution is -2.38. The van der Waals surface area contributed by atoms with E-state index in [4.69, 9.17) is 0 Å². The second-order valence-electron chi connectivity index (χ2n) is 4.91. The van der Waals surface area contributed by atoms with Gasteiger partial charge in [0, 0.05) is 0 Å². The molecule has 4 nitrogen and oxygen atoms in total. The Morgan fingerprint density at radius 2 is 2.14 bits per heavy atom. The molecule has 2 rings (SSSR count). The molecular formula is C16H20N2O2S. The summed E-state index contributed by atoms with van der Waals surface area (Å²) in [5.74, 6) is -0.162. The van der Waals surface area contributed by atoms with Gasteiger partial charge in [0.1, 0.15) is 4.88 Å². The van der Waals surface area contributed by atoms with Crippen molar-refractivity contribution < 1.29 is 9.90 Å². The van der Waals surface area contributed by atoms with E-state index in [1.165, 1.54) is 11.3 Å². The minimum absolute atomic E-state index is 0.0821. The summed E-state index contributed by atoms with van der Waals surface area (Å²) in [5.41, 5.74) is 1.09. The van der Waals surface area contributed by atoms with Crippen molar-refractivity contribution in [1.29, 1.82) is 0 Å². The van der Waals surface area contributed by atoms with E-state index < -0.39 is 0 Å². The maximum Gasteiger partial charge on any atom is 0.263 e.